The predicted octanol–water partition coefficient (Wildman–Crippen LogP) is 3.58. The van der Waals surface area contributed by atoms with Crippen molar-refractivity contribution in [3.63, 3.8) is 0 Å². The average Bonchev–Trinajstić information content (AvgIpc) is 3.09. The Morgan fingerprint density at radius 1 is 1.06 bits per heavy atom. The van der Waals surface area contributed by atoms with E-state index in [1.54, 1.807) is 50.4 Å². The van der Waals surface area contributed by atoms with E-state index in [1.165, 1.54) is 36.1 Å². The maximum atomic E-state index is 13.5. The molecule has 33 heavy (non-hydrogen) atoms. The highest BCUT2D eigenvalue weighted by molar-refractivity contribution is 7.92. The van der Waals surface area contributed by atoms with E-state index in [0.29, 0.717) is 23.5 Å². The number of methoxy groups -OCH3 is 1. The number of amides is 1. The van der Waals surface area contributed by atoms with Crippen LogP contribution < -0.4 is 14.4 Å². The zero-order chi connectivity index (χ0) is 23.7. The summed E-state index contributed by atoms with van der Waals surface area (Å²) in [6.45, 7) is 5.24. The van der Waals surface area contributed by atoms with Gasteiger partial charge in [0.2, 0.25) is 5.91 Å². The van der Waals surface area contributed by atoms with E-state index < -0.39 is 10.0 Å². The van der Waals surface area contributed by atoms with Crippen LogP contribution in [-0.2, 0) is 14.8 Å². The molecule has 2 aromatic rings. The maximum Gasteiger partial charge on any atom is 0.264 e. The fourth-order valence-corrected chi connectivity index (χ4v) is 5.63. The normalized spacial score (nSPS) is 15.0. The van der Waals surface area contributed by atoms with Gasteiger partial charge in [-0.05, 0) is 81.7 Å². The van der Waals surface area contributed by atoms with Crippen molar-refractivity contribution in [1.82, 2.24) is 10.2 Å². The summed E-state index contributed by atoms with van der Waals surface area (Å²) < 4.78 is 33.4. The number of carbonyl (C=O) groups is 1. The Balaban J connectivity index is 1.67. The number of hydrogen-bond acceptors (Lipinski definition) is 5. The molecule has 1 aliphatic rings. The van der Waals surface area contributed by atoms with Crippen molar-refractivity contribution >= 4 is 21.6 Å². The predicted molar refractivity (Wildman–Crippen MR) is 131 cm³/mol. The Labute approximate surface area is 197 Å². The standard InChI is InChI=1S/C25H35N3O4S/c1-21-19-23(13-14-24(21)32-2)33(30,31)28(22-11-6-5-7-12-22)20-25(29)26-15-10-18-27-16-8-3-4-9-17-27/h5-7,11-14,19H,3-4,8-10,15-18,20H2,1-2H3,(H,26,29). The molecule has 8 heteroatoms. The van der Waals surface area contributed by atoms with Gasteiger partial charge in [0.1, 0.15) is 12.3 Å². The van der Waals surface area contributed by atoms with Gasteiger partial charge in [-0.3, -0.25) is 9.10 Å². The zero-order valence-corrected chi connectivity index (χ0v) is 20.4. The van der Waals surface area contributed by atoms with Crippen LogP contribution in [0, 0.1) is 6.92 Å². The lowest BCUT2D eigenvalue weighted by Gasteiger charge is -2.24. The first-order chi connectivity index (χ1) is 15.9. The van der Waals surface area contributed by atoms with Crippen molar-refractivity contribution in [2.45, 2.75) is 43.9 Å². The molecule has 0 spiro atoms. The molecule has 0 aromatic heterocycles. The maximum absolute atomic E-state index is 13.5. The molecule has 0 bridgehead atoms. The SMILES string of the molecule is COc1ccc(S(=O)(=O)N(CC(=O)NCCCN2CCCCCC2)c2ccccc2)cc1C. The molecule has 3 rings (SSSR count). The number of nitrogens with one attached hydrogen (secondary N) is 1. The second-order valence-corrected chi connectivity index (χ2v) is 10.3. The topological polar surface area (TPSA) is 79.0 Å². The molecule has 1 amide bonds. The van der Waals surface area contributed by atoms with Gasteiger partial charge in [0.15, 0.2) is 0 Å². The van der Waals surface area contributed by atoms with Crippen molar-refractivity contribution in [2.24, 2.45) is 0 Å². The van der Waals surface area contributed by atoms with E-state index in [4.69, 9.17) is 4.74 Å². The number of para-hydroxylation sites is 1. The van der Waals surface area contributed by atoms with Crippen LogP contribution in [0.5, 0.6) is 5.75 Å². The zero-order valence-electron chi connectivity index (χ0n) is 19.6. The van der Waals surface area contributed by atoms with Gasteiger partial charge < -0.3 is 15.0 Å². The van der Waals surface area contributed by atoms with Crippen LogP contribution in [0.15, 0.2) is 53.4 Å². The van der Waals surface area contributed by atoms with Crippen LogP contribution in [0.4, 0.5) is 5.69 Å². The molecule has 180 valence electrons. The minimum Gasteiger partial charge on any atom is -0.496 e. The quantitative estimate of drug-likeness (QED) is 0.534. The molecule has 1 heterocycles. The summed E-state index contributed by atoms with van der Waals surface area (Å²) in [5.41, 5.74) is 1.16. The molecule has 1 fully saturated rings. The van der Waals surface area contributed by atoms with Crippen LogP contribution in [0.25, 0.3) is 0 Å². The number of anilines is 1. The van der Waals surface area contributed by atoms with Gasteiger partial charge in [-0.15, -0.1) is 0 Å². The van der Waals surface area contributed by atoms with Crippen LogP contribution in [0.1, 0.15) is 37.7 Å². The second kappa shape index (κ2) is 12.0. The summed E-state index contributed by atoms with van der Waals surface area (Å²) in [6, 6.07) is 13.4. The summed E-state index contributed by atoms with van der Waals surface area (Å²) in [5, 5.41) is 2.90. The molecule has 0 unspecified atom stereocenters. The van der Waals surface area contributed by atoms with E-state index in [1.807, 2.05) is 6.07 Å². The van der Waals surface area contributed by atoms with Crippen LogP contribution in [0.2, 0.25) is 0 Å². The summed E-state index contributed by atoms with van der Waals surface area (Å²) in [5.74, 6) is 0.297. The molecule has 0 atom stereocenters. The fourth-order valence-electron chi connectivity index (χ4n) is 4.12. The third-order valence-corrected chi connectivity index (χ3v) is 7.73. The number of benzene rings is 2. The molecular weight excluding hydrogens is 438 g/mol. The van der Waals surface area contributed by atoms with E-state index >= 15 is 0 Å². The minimum absolute atomic E-state index is 0.124. The number of hydrogen-bond donors (Lipinski definition) is 1. The molecule has 2 aromatic carbocycles. The lowest BCUT2D eigenvalue weighted by atomic mass is 10.2. The first-order valence-electron chi connectivity index (χ1n) is 11.6. The van der Waals surface area contributed by atoms with Gasteiger partial charge in [-0.25, -0.2) is 8.42 Å². The Morgan fingerprint density at radius 2 is 1.76 bits per heavy atom. The fraction of sp³-hybridized carbons (Fsp3) is 0.480. The van der Waals surface area contributed by atoms with Gasteiger partial charge in [-0.1, -0.05) is 31.0 Å². The summed E-state index contributed by atoms with van der Waals surface area (Å²) >= 11 is 0. The summed E-state index contributed by atoms with van der Waals surface area (Å²) in [7, 11) is -2.39. The van der Waals surface area contributed by atoms with Gasteiger partial charge in [0.25, 0.3) is 10.0 Å². The Morgan fingerprint density at radius 3 is 2.39 bits per heavy atom. The lowest BCUT2D eigenvalue weighted by Crippen LogP contribution is -2.41. The van der Waals surface area contributed by atoms with Crippen molar-refractivity contribution in [2.75, 3.05) is 44.1 Å². The van der Waals surface area contributed by atoms with Gasteiger partial charge in [0, 0.05) is 6.54 Å². The highest BCUT2D eigenvalue weighted by Crippen LogP contribution is 2.27. The molecule has 1 N–H and O–H groups in total. The molecule has 1 saturated heterocycles. The number of likely N-dealkylation sites (tertiary alicyclic amines) is 1. The van der Waals surface area contributed by atoms with Crippen LogP contribution >= 0.6 is 0 Å². The highest BCUT2D eigenvalue weighted by Gasteiger charge is 2.27. The average molecular weight is 474 g/mol. The van der Waals surface area contributed by atoms with Gasteiger partial charge in [-0.2, -0.15) is 0 Å². The summed E-state index contributed by atoms with van der Waals surface area (Å²) in [6.07, 6.45) is 5.92. The Kier molecular flexibility index (Phi) is 9.14. The Hall–Kier alpha value is -2.58. The van der Waals surface area contributed by atoms with E-state index in [-0.39, 0.29) is 17.3 Å². The third kappa shape index (κ3) is 6.95. The second-order valence-electron chi connectivity index (χ2n) is 8.44. The number of aryl methyl sites for hydroxylation is 1. The number of carbonyl (C=O) groups excluding carboxylic acids is 1. The number of nitrogens with zero attached hydrogens (tertiary/aromatic N) is 2. The molecular formula is C25H35N3O4S. The van der Waals surface area contributed by atoms with E-state index in [9.17, 15) is 13.2 Å². The van der Waals surface area contributed by atoms with E-state index in [0.717, 1.165) is 26.1 Å². The molecule has 7 nitrogen and oxygen atoms in total. The van der Waals surface area contributed by atoms with Crippen LogP contribution in [0.3, 0.4) is 0 Å². The van der Waals surface area contributed by atoms with Crippen molar-refractivity contribution < 1.29 is 17.9 Å². The summed E-state index contributed by atoms with van der Waals surface area (Å²) in [4.78, 5) is 15.3. The first-order valence-corrected chi connectivity index (χ1v) is 13.1. The highest BCUT2D eigenvalue weighted by atomic mass is 32.2. The molecule has 0 radical (unpaired) electrons. The Bertz CT molecular complexity index is 1000. The molecule has 1 aliphatic heterocycles. The minimum atomic E-state index is -3.94. The van der Waals surface area contributed by atoms with Crippen molar-refractivity contribution in [1.29, 1.82) is 0 Å². The molecule has 0 saturated carbocycles. The van der Waals surface area contributed by atoms with E-state index in [2.05, 4.69) is 10.2 Å². The first kappa shape index (κ1) is 25.1. The molecule has 0 aliphatic carbocycles. The number of sulfonamides is 1. The van der Waals surface area contributed by atoms with Crippen LogP contribution in [-0.4, -0.2) is 59.1 Å². The monoisotopic (exact) mass is 473 g/mol. The lowest BCUT2D eigenvalue weighted by molar-refractivity contribution is -0.119. The number of rotatable bonds is 10. The van der Waals surface area contributed by atoms with Gasteiger partial charge in [0.05, 0.1) is 17.7 Å². The number of ether oxygens (including phenoxy) is 1. The smallest absolute Gasteiger partial charge is 0.264 e. The third-order valence-electron chi connectivity index (χ3n) is 5.96. The van der Waals surface area contributed by atoms with Crippen molar-refractivity contribution in [3.8, 4) is 5.75 Å². The largest absolute Gasteiger partial charge is 0.496 e. The van der Waals surface area contributed by atoms with Crippen molar-refractivity contribution in [3.05, 3.63) is 54.1 Å². The van der Waals surface area contributed by atoms with Gasteiger partial charge >= 0.3 is 0 Å².